The van der Waals surface area contributed by atoms with E-state index in [1.807, 2.05) is 0 Å². The summed E-state index contributed by atoms with van der Waals surface area (Å²) in [5.74, 6) is 0.335. The Labute approximate surface area is 108 Å². The van der Waals surface area contributed by atoms with Gasteiger partial charge in [-0.2, -0.15) is 0 Å². The molecular formula is C11H19BrO3S. The van der Waals surface area contributed by atoms with Crippen LogP contribution in [0.25, 0.3) is 0 Å². The zero-order chi connectivity index (χ0) is 12.4. The number of hydrogen-bond donors (Lipinski definition) is 0. The summed E-state index contributed by atoms with van der Waals surface area (Å²) in [7, 11) is -0.996. The predicted molar refractivity (Wildman–Crippen MR) is 70.8 cm³/mol. The summed E-state index contributed by atoms with van der Waals surface area (Å²) in [5.41, 5.74) is 0. The topological polar surface area (TPSA) is 43.4 Å². The third-order valence-electron chi connectivity index (χ3n) is 1.93. The van der Waals surface area contributed by atoms with Crippen molar-refractivity contribution in [2.24, 2.45) is 0 Å². The Morgan fingerprint density at radius 3 is 2.62 bits per heavy atom. The fraction of sp³-hybridized carbons (Fsp3) is 0.727. The van der Waals surface area contributed by atoms with Gasteiger partial charge in [0.25, 0.3) is 0 Å². The van der Waals surface area contributed by atoms with Gasteiger partial charge in [0.05, 0.1) is 14.6 Å². The highest BCUT2D eigenvalue weighted by Crippen LogP contribution is 2.13. The highest BCUT2D eigenvalue weighted by Gasteiger charge is 2.03. The first-order valence-corrected chi connectivity index (χ1v) is 7.56. The second-order valence-electron chi connectivity index (χ2n) is 3.42. The Morgan fingerprint density at radius 2 is 2.06 bits per heavy atom. The SMILES string of the molecule is CCCCCCS(=O)/C(Br)=C/COC(C)=O. The molecule has 0 radical (unpaired) electrons. The summed E-state index contributed by atoms with van der Waals surface area (Å²) in [4.78, 5) is 10.5. The Morgan fingerprint density at radius 1 is 1.38 bits per heavy atom. The van der Waals surface area contributed by atoms with Gasteiger partial charge in [0.15, 0.2) is 0 Å². The highest BCUT2D eigenvalue weighted by atomic mass is 79.9. The van der Waals surface area contributed by atoms with Crippen LogP contribution in [0.3, 0.4) is 0 Å². The van der Waals surface area contributed by atoms with Crippen molar-refractivity contribution in [1.29, 1.82) is 0 Å². The summed E-state index contributed by atoms with van der Waals surface area (Å²) < 4.78 is 17.0. The van der Waals surface area contributed by atoms with E-state index in [0.29, 0.717) is 9.57 Å². The largest absolute Gasteiger partial charge is 0.462 e. The van der Waals surface area contributed by atoms with E-state index in [1.165, 1.54) is 19.8 Å². The molecule has 0 amide bonds. The van der Waals surface area contributed by atoms with Gasteiger partial charge in [-0.3, -0.25) is 9.00 Å². The molecule has 0 aromatic rings. The highest BCUT2D eigenvalue weighted by molar-refractivity contribution is 9.13. The van der Waals surface area contributed by atoms with E-state index < -0.39 is 10.8 Å². The quantitative estimate of drug-likeness (QED) is 0.511. The van der Waals surface area contributed by atoms with Crippen LogP contribution in [0.5, 0.6) is 0 Å². The predicted octanol–water partition coefficient (Wildman–Crippen LogP) is 3.11. The van der Waals surface area contributed by atoms with E-state index in [4.69, 9.17) is 4.74 Å². The molecule has 0 aliphatic heterocycles. The zero-order valence-corrected chi connectivity index (χ0v) is 12.2. The molecule has 16 heavy (non-hydrogen) atoms. The molecular weight excluding hydrogens is 292 g/mol. The molecule has 0 saturated carbocycles. The Balaban J connectivity index is 3.75. The second kappa shape index (κ2) is 10.0. The minimum absolute atomic E-state index is 0.177. The molecule has 0 saturated heterocycles. The summed E-state index contributed by atoms with van der Waals surface area (Å²) in [6, 6.07) is 0. The molecule has 1 unspecified atom stereocenters. The lowest BCUT2D eigenvalue weighted by Crippen LogP contribution is -2.01. The maximum absolute atomic E-state index is 11.6. The summed E-state index contributed by atoms with van der Waals surface area (Å²) >= 11 is 3.23. The van der Waals surface area contributed by atoms with Crippen LogP contribution in [0.15, 0.2) is 9.89 Å². The lowest BCUT2D eigenvalue weighted by Gasteiger charge is -2.01. The Bertz CT molecular complexity index is 264. The Hall–Kier alpha value is -0.160. The molecule has 0 fully saturated rings. The molecule has 5 heteroatoms. The maximum atomic E-state index is 11.6. The average Bonchev–Trinajstić information content (AvgIpc) is 2.23. The molecule has 0 bridgehead atoms. The van der Waals surface area contributed by atoms with Gasteiger partial charge in [-0.15, -0.1) is 0 Å². The van der Waals surface area contributed by atoms with Crippen LogP contribution in [-0.2, 0) is 20.3 Å². The van der Waals surface area contributed by atoms with Gasteiger partial charge in [0, 0.05) is 12.7 Å². The van der Waals surface area contributed by atoms with Crippen LogP contribution >= 0.6 is 15.9 Å². The molecule has 0 aromatic carbocycles. The molecule has 0 N–H and O–H groups in total. The van der Waals surface area contributed by atoms with E-state index in [0.717, 1.165) is 12.8 Å². The molecule has 94 valence electrons. The standard InChI is InChI=1S/C11H19BrO3S/c1-3-4-5-6-9-16(14)11(12)7-8-15-10(2)13/h7H,3-6,8-9H2,1-2H3/b11-7+. The first-order chi connectivity index (χ1) is 7.57. The number of carbonyl (C=O) groups excluding carboxylic acids is 1. The van der Waals surface area contributed by atoms with Crippen LogP contribution in [0.1, 0.15) is 39.5 Å². The van der Waals surface area contributed by atoms with Crippen LogP contribution in [0.4, 0.5) is 0 Å². The Kier molecular flexibility index (Phi) is 9.92. The number of ether oxygens (including phenoxy) is 1. The van der Waals surface area contributed by atoms with Crippen LogP contribution in [-0.4, -0.2) is 22.5 Å². The summed E-state index contributed by atoms with van der Waals surface area (Å²) in [6.07, 6.45) is 6.09. The van der Waals surface area contributed by atoms with Gasteiger partial charge in [0.2, 0.25) is 0 Å². The van der Waals surface area contributed by atoms with E-state index in [1.54, 1.807) is 6.08 Å². The van der Waals surface area contributed by atoms with E-state index >= 15 is 0 Å². The summed E-state index contributed by atoms with van der Waals surface area (Å²) in [6.45, 7) is 3.67. The number of unbranched alkanes of at least 4 members (excludes halogenated alkanes) is 3. The molecule has 0 spiro atoms. The minimum atomic E-state index is -0.996. The number of carbonyl (C=O) groups is 1. The number of hydrogen-bond acceptors (Lipinski definition) is 3. The van der Waals surface area contributed by atoms with Crippen LogP contribution in [0, 0.1) is 0 Å². The van der Waals surface area contributed by atoms with Gasteiger partial charge in [0.1, 0.15) is 6.61 Å². The lowest BCUT2D eigenvalue weighted by molar-refractivity contribution is -0.139. The normalized spacial score (nSPS) is 13.6. The molecule has 1 atom stereocenters. The average molecular weight is 311 g/mol. The monoisotopic (exact) mass is 310 g/mol. The van der Waals surface area contributed by atoms with E-state index in [9.17, 15) is 9.00 Å². The third-order valence-corrected chi connectivity index (χ3v) is 4.60. The van der Waals surface area contributed by atoms with Crippen molar-refractivity contribution in [2.75, 3.05) is 12.4 Å². The van der Waals surface area contributed by atoms with Gasteiger partial charge >= 0.3 is 5.97 Å². The first kappa shape index (κ1) is 15.8. The fourth-order valence-electron chi connectivity index (χ4n) is 1.07. The van der Waals surface area contributed by atoms with E-state index in [2.05, 4.69) is 22.9 Å². The van der Waals surface area contributed by atoms with Crippen molar-refractivity contribution in [2.45, 2.75) is 39.5 Å². The fourth-order valence-corrected chi connectivity index (χ4v) is 2.61. The molecule has 3 nitrogen and oxygen atoms in total. The maximum Gasteiger partial charge on any atom is 0.302 e. The van der Waals surface area contributed by atoms with Crippen molar-refractivity contribution in [3.8, 4) is 0 Å². The molecule has 0 aliphatic rings. The lowest BCUT2D eigenvalue weighted by atomic mass is 10.2. The smallest absolute Gasteiger partial charge is 0.302 e. The van der Waals surface area contributed by atoms with Crippen molar-refractivity contribution < 1.29 is 13.7 Å². The van der Waals surface area contributed by atoms with Crippen molar-refractivity contribution in [1.82, 2.24) is 0 Å². The first-order valence-electron chi connectivity index (χ1n) is 5.45. The number of halogens is 1. The molecule has 0 rings (SSSR count). The second-order valence-corrected chi connectivity index (χ2v) is 6.34. The molecule has 0 aromatic heterocycles. The van der Waals surface area contributed by atoms with Gasteiger partial charge in [-0.1, -0.05) is 26.2 Å². The van der Waals surface area contributed by atoms with Gasteiger partial charge < -0.3 is 4.74 Å². The summed E-state index contributed by atoms with van der Waals surface area (Å²) in [5, 5.41) is 0. The van der Waals surface area contributed by atoms with Gasteiger partial charge in [-0.25, -0.2) is 0 Å². The molecule has 0 heterocycles. The van der Waals surface area contributed by atoms with E-state index in [-0.39, 0.29) is 12.6 Å². The number of rotatable bonds is 8. The van der Waals surface area contributed by atoms with Crippen LogP contribution < -0.4 is 0 Å². The van der Waals surface area contributed by atoms with Crippen molar-refractivity contribution in [3.63, 3.8) is 0 Å². The van der Waals surface area contributed by atoms with Crippen molar-refractivity contribution in [3.05, 3.63) is 9.89 Å². The zero-order valence-electron chi connectivity index (χ0n) is 9.83. The third kappa shape index (κ3) is 9.09. The number of esters is 1. The van der Waals surface area contributed by atoms with Gasteiger partial charge in [-0.05, 0) is 28.4 Å². The van der Waals surface area contributed by atoms with Crippen molar-refractivity contribution >= 4 is 32.7 Å². The molecule has 0 aliphatic carbocycles. The minimum Gasteiger partial charge on any atom is -0.462 e. The van der Waals surface area contributed by atoms with Crippen LogP contribution in [0.2, 0.25) is 0 Å².